The predicted octanol–water partition coefficient (Wildman–Crippen LogP) is 1.71. The van der Waals surface area contributed by atoms with Crippen molar-refractivity contribution in [1.29, 1.82) is 0 Å². The van der Waals surface area contributed by atoms with E-state index in [0.29, 0.717) is 23.8 Å². The van der Waals surface area contributed by atoms with E-state index in [1.54, 1.807) is 0 Å². The Bertz CT molecular complexity index is 564. The van der Waals surface area contributed by atoms with Crippen LogP contribution in [0.4, 0.5) is 0 Å². The van der Waals surface area contributed by atoms with E-state index in [1.807, 2.05) is 24.5 Å². The summed E-state index contributed by atoms with van der Waals surface area (Å²) in [6.07, 6.45) is 9.31. The highest BCUT2D eigenvalue weighted by Crippen LogP contribution is 2.43. The zero-order valence-electron chi connectivity index (χ0n) is 14.2. The number of piperazine rings is 1. The van der Waals surface area contributed by atoms with Crippen LogP contribution >= 0.6 is 0 Å². The molecule has 1 amide bonds. The summed E-state index contributed by atoms with van der Waals surface area (Å²) >= 11 is 0. The number of rotatable bonds is 2. The summed E-state index contributed by atoms with van der Waals surface area (Å²) in [7, 11) is 0. The maximum Gasteiger partial charge on any atom is 0.226 e. The SMILES string of the molecule is NC1C2CCCC1CC(C(=O)N1CCNCC1c1ccncc1)C2. The zero-order chi connectivity index (χ0) is 16.5. The van der Waals surface area contributed by atoms with Crippen molar-refractivity contribution in [2.45, 2.75) is 44.2 Å². The molecule has 4 rings (SSSR count). The van der Waals surface area contributed by atoms with E-state index in [-0.39, 0.29) is 12.0 Å². The Kier molecular flexibility index (Phi) is 4.55. The molecule has 0 aromatic carbocycles. The predicted molar refractivity (Wildman–Crippen MR) is 93.1 cm³/mol. The minimum atomic E-state index is 0.129. The Labute approximate surface area is 144 Å². The molecule has 0 spiro atoms. The Hall–Kier alpha value is -1.46. The van der Waals surface area contributed by atoms with Gasteiger partial charge < -0.3 is 16.0 Å². The fourth-order valence-electron chi connectivity index (χ4n) is 5.08. The van der Waals surface area contributed by atoms with Crippen LogP contribution in [0.15, 0.2) is 24.5 Å². The maximum absolute atomic E-state index is 13.3. The number of amides is 1. The molecule has 3 aliphatic rings. The van der Waals surface area contributed by atoms with Gasteiger partial charge in [-0.1, -0.05) is 6.42 Å². The Balaban J connectivity index is 1.52. The molecule has 5 heteroatoms. The van der Waals surface area contributed by atoms with Gasteiger partial charge in [0.05, 0.1) is 6.04 Å². The molecule has 24 heavy (non-hydrogen) atoms. The van der Waals surface area contributed by atoms with Gasteiger partial charge >= 0.3 is 0 Å². The van der Waals surface area contributed by atoms with E-state index in [4.69, 9.17) is 5.73 Å². The van der Waals surface area contributed by atoms with Gasteiger partial charge in [0.1, 0.15) is 0 Å². The van der Waals surface area contributed by atoms with Crippen LogP contribution < -0.4 is 11.1 Å². The first-order chi connectivity index (χ1) is 11.7. The van der Waals surface area contributed by atoms with Gasteiger partial charge in [0.25, 0.3) is 0 Å². The molecule has 3 N–H and O–H groups in total. The van der Waals surface area contributed by atoms with Crippen LogP contribution in [-0.4, -0.2) is 41.5 Å². The lowest BCUT2D eigenvalue weighted by atomic mass is 9.65. The number of carbonyl (C=O) groups excluding carboxylic acids is 1. The smallest absolute Gasteiger partial charge is 0.226 e. The van der Waals surface area contributed by atoms with Gasteiger partial charge in [-0.15, -0.1) is 0 Å². The van der Waals surface area contributed by atoms with E-state index >= 15 is 0 Å². The van der Waals surface area contributed by atoms with Crippen molar-refractivity contribution in [2.24, 2.45) is 23.5 Å². The van der Waals surface area contributed by atoms with E-state index < -0.39 is 0 Å². The highest BCUT2D eigenvalue weighted by Gasteiger charge is 2.42. The second kappa shape index (κ2) is 6.81. The number of hydrogen-bond donors (Lipinski definition) is 2. The molecule has 3 fully saturated rings. The number of hydrogen-bond acceptors (Lipinski definition) is 4. The number of carbonyl (C=O) groups is 1. The van der Waals surface area contributed by atoms with Crippen LogP contribution in [0.25, 0.3) is 0 Å². The molecule has 130 valence electrons. The first-order valence-corrected chi connectivity index (χ1v) is 9.40. The molecule has 1 aromatic rings. The van der Waals surface area contributed by atoms with Crippen LogP contribution in [-0.2, 0) is 4.79 Å². The number of nitrogens with one attached hydrogen (secondary N) is 1. The lowest BCUT2D eigenvalue weighted by Gasteiger charge is -2.46. The molecule has 0 radical (unpaired) electrons. The summed E-state index contributed by atoms with van der Waals surface area (Å²) in [4.78, 5) is 19.5. The van der Waals surface area contributed by atoms with Crippen molar-refractivity contribution in [3.63, 3.8) is 0 Å². The number of nitrogens with two attached hydrogens (primary N) is 1. The molecule has 1 aliphatic heterocycles. The molecular weight excluding hydrogens is 300 g/mol. The molecule has 5 nitrogen and oxygen atoms in total. The van der Waals surface area contributed by atoms with Gasteiger partial charge in [0, 0.05) is 44.0 Å². The number of nitrogens with zero attached hydrogens (tertiary/aromatic N) is 2. The Morgan fingerprint density at radius 2 is 1.92 bits per heavy atom. The van der Waals surface area contributed by atoms with Crippen molar-refractivity contribution in [3.8, 4) is 0 Å². The average molecular weight is 328 g/mol. The third-order valence-electron chi connectivity index (χ3n) is 6.38. The number of pyridine rings is 1. The Morgan fingerprint density at radius 1 is 1.21 bits per heavy atom. The quantitative estimate of drug-likeness (QED) is 0.867. The normalized spacial score (nSPS) is 36.4. The van der Waals surface area contributed by atoms with Gasteiger partial charge in [0.2, 0.25) is 5.91 Å². The van der Waals surface area contributed by atoms with E-state index in [2.05, 4.69) is 15.2 Å². The largest absolute Gasteiger partial charge is 0.333 e. The monoisotopic (exact) mass is 328 g/mol. The van der Waals surface area contributed by atoms with Crippen molar-refractivity contribution < 1.29 is 4.79 Å². The van der Waals surface area contributed by atoms with Gasteiger partial charge in [-0.3, -0.25) is 9.78 Å². The van der Waals surface area contributed by atoms with Crippen molar-refractivity contribution >= 4 is 5.91 Å². The minimum Gasteiger partial charge on any atom is -0.333 e. The van der Waals surface area contributed by atoms with Crippen molar-refractivity contribution in [3.05, 3.63) is 30.1 Å². The highest BCUT2D eigenvalue weighted by molar-refractivity contribution is 5.79. The van der Waals surface area contributed by atoms with Gasteiger partial charge in [-0.2, -0.15) is 0 Å². The third-order valence-corrected chi connectivity index (χ3v) is 6.38. The summed E-state index contributed by atoms with van der Waals surface area (Å²) in [5, 5.41) is 3.43. The summed E-state index contributed by atoms with van der Waals surface area (Å²) < 4.78 is 0. The summed E-state index contributed by atoms with van der Waals surface area (Å²) in [5.41, 5.74) is 7.58. The van der Waals surface area contributed by atoms with Crippen molar-refractivity contribution in [2.75, 3.05) is 19.6 Å². The van der Waals surface area contributed by atoms with Gasteiger partial charge in [-0.05, 0) is 55.2 Å². The summed E-state index contributed by atoms with van der Waals surface area (Å²) in [6, 6.07) is 4.51. The van der Waals surface area contributed by atoms with Crippen LogP contribution in [0.1, 0.15) is 43.7 Å². The number of aromatic nitrogens is 1. The lowest BCUT2D eigenvalue weighted by Crippen LogP contribution is -2.54. The van der Waals surface area contributed by atoms with Crippen LogP contribution in [0.5, 0.6) is 0 Å². The number of fused-ring (bicyclic) bond motifs is 2. The summed E-state index contributed by atoms with van der Waals surface area (Å²) in [6.45, 7) is 2.50. The molecule has 2 bridgehead atoms. The van der Waals surface area contributed by atoms with Crippen LogP contribution in [0.3, 0.4) is 0 Å². The first kappa shape index (κ1) is 16.0. The molecule has 2 heterocycles. The molecule has 1 saturated heterocycles. The van der Waals surface area contributed by atoms with Crippen molar-refractivity contribution in [1.82, 2.24) is 15.2 Å². The van der Waals surface area contributed by atoms with Crippen LogP contribution in [0.2, 0.25) is 0 Å². The fraction of sp³-hybridized carbons (Fsp3) is 0.684. The third kappa shape index (κ3) is 2.95. The lowest BCUT2D eigenvalue weighted by molar-refractivity contribution is -0.142. The highest BCUT2D eigenvalue weighted by atomic mass is 16.2. The van der Waals surface area contributed by atoms with Gasteiger partial charge in [-0.25, -0.2) is 0 Å². The second-order valence-corrected chi connectivity index (χ2v) is 7.73. The van der Waals surface area contributed by atoms with Gasteiger partial charge in [0.15, 0.2) is 0 Å². The molecule has 2 saturated carbocycles. The first-order valence-electron chi connectivity index (χ1n) is 9.40. The standard InChI is InChI=1S/C19H28N4O/c20-18-14-2-1-3-15(18)11-16(10-14)19(24)23-9-8-22-12-17(23)13-4-6-21-7-5-13/h4-7,14-18,22H,1-3,8-12,20H2. The maximum atomic E-state index is 13.3. The topological polar surface area (TPSA) is 71.2 Å². The molecular formula is C19H28N4O. The zero-order valence-corrected chi connectivity index (χ0v) is 14.2. The second-order valence-electron chi connectivity index (χ2n) is 7.73. The fourth-order valence-corrected chi connectivity index (χ4v) is 5.08. The molecule has 1 aromatic heterocycles. The molecule has 3 unspecified atom stereocenters. The molecule has 2 aliphatic carbocycles. The minimum absolute atomic E-state index is 0.129. The van der Waals surface area contributed by atoms with E-state index in [0.717, 1.165) is 32.5 Å². The summed E-state index contributed by atoms with van der Waals surface area (Å²) in [5.74, 6) is 1.62. The van der Waals surface area contributed by atoms with E-state index in [1.165, 1.54) is 24.8 Å². The average Bonchev–Trinajstić information content (AvgIpc) is 2.62. The Morgan fingerprint density at radius 3 is 2.62 bits per heavy atom. The van der Waals surface area contributed by atoms with E-state index in [9.17, 15) is 4.79 Å². The molecule has 3 atom stereocenters. The van der Waals surface area contributed by atoms with Crippen LogP contribution in [0, 0.1) is 17.8 Å².